The van der Waals surface area contributed by atoms with Gasteiger partial charge in [-0.25, -0.2) is 4.79 Å². The smallest absolute Gasteiger partial charge is 0.336 e. The summed E-state index contributed by atoms with van der Waals surface area (Å²) in [6, 6.07) is 11.4. The van der Waals surface area contributed by atoms with Crippen LogP contribution in [0.2, 0.25) is 5.02 Å². The molecular formula is C16H11ClN4O3. The Morgan fingerprint density at radius 2 is 1.71 bits per heavy atom. The van der Waals surface area contributed by atoms with Crippen LogP contribution in [0.25, 0.3) is 22.4 Å². The zero-order chi connectivity index (χ0) is 17.3. The highest BCUT2D eigenvalue weighted by Crippen LogP contribution is 2.29. The van der Waals surface area contributed by atoms with Crippen molar-refractivity contribution in [2.24, 2.45) is 5.73 Å². The van der Waals surface area contributed by atoms with Gasteiger partial charge in [0.25, 0.3) is 5.91 Å². The SMILES string of the molecule is NC(=O)c1n[nH]nc1-c1ccc(-c2cc(Cl)ccc2C(=O)O)cc1. The second-order valence-corrected chi connectivity index (χ2v) is 5.39. The van der Waals surface area contributed by atoms with Crippen molar-refractivity contribution in [3.63, 3.8) is 0 Å². The number of aromatic amines is 1. The van der Waals surface area contributed by atoms with Crippen LogP contribution in [0, 0.1) is 0 Å². The molecule has 0 aliphatic rings. The van der Waals surface area contributed by atoms with E-state index < -0.39 is 11.9 Å². The van der Waals surface area contributed by atoms with Crippen molar-refractivity contribution in [1.82, 2.24) is 15.4 Å². The second-order valence-electron chi connectivity index (χ2n) is 4.96. The summed E-state index contributed by atoms with van der Waals surface area (Å²) in [6.45, 7) is 0. The lowest BCUT2D eigenvalue weighted by molar-refractivity contribution is 0.0697. The normalized spacial score (nSPS) is 10.5. The van der Waals surface area contributed by atoms with E-state index in [2.05, 4.69) is 15.4 Å². The van der Waals surface area contributed by atoms with Gasteiger partial charge in [0.1, 0.15) is 5.69 Å². The second kappa shape index (κ2) is 6.13. The number of H-pyrrole nitrogens is 1. The number of nitrogens with zero attached hydrogens (tertiary/aromatic N) is 2. The van der Waals surface area contributed by atoms with Gasteiger partial charge in [0.05, 0.1) is 5.56 Å². The van der Waals surface area contributed by atoms with Gasteiger partial charge in [-0.05, 0) is 29.3 Å². The monoisotopic (exact) mass is 342 g/mol. The van der Waals surface area contributed by atoms with Crippen LogP contribution in [0.1, 0.15) is 20.8 Å². The maximum absolute atomic E-state index is 11.4. The molecule has 0 saturated heterocycles. The van der Waals surface area contributed by atoms with Crippen LogP contribution in [0.4, 0.5) is 0 Å². The van der Waals surface area contributed by atoms with Crippen molar-refractivity contribution in [3.05, 3.63) is 58.7 Å². The number of carboxylic acid groups (broad SMARTS) is 1. The van der Waals surface area contributed by atoms with Crippen molar-refractivity contribution < 1.29 is 14.7 Å². The van der Waals surface area contributed by atoms with E-state index in [0.29, 0.717) is 27.4 Å². The highest BCUT2D eigenvalue weighted by Gasteiger charge is 2.16. The third-order valence-electron chi connectivity index (χ3n) is 3.46. The molecule has 120 valence electrons. The summed E-state index contributed by atoms with van der Waals surface area (Å²) >= 11 is 5.97. The number of halogens is 1. The van der Waals surface area contributed by atoms with Gasteiger partial charge in [0.15, 0.2) is 5.69 Å². The standard InChI is InChI=1S/C16H11ClN4O3/c17-10-5-6-11(16(23)24)12(7-10)8-1-3-9(4-2-8)13-14(15(18)22)20-21-19-13/h1-7H,(H2,18,22)(H,23,24)(H,19,20,21). The van der Waals surface area contributed by atoms with Gasteiger partial charge >= 0.3 is 5.97 Å². The molecule has 1 amide bonds. The predicted octanol–water partition coefficient (Wildman–Crippen LogP) is 2.59. The van der Waals surface area contributed by atoms with E-state index in [1.54, 1.807) is 30.3 Å². The first-order chi connectivity index (χ1) is 11.5. The van der Waals surface area contributed by atoms with Crippen LogP contribution in [0.3, 0.4) is 0 Å². The highest BCUT2D eigenvalue weighted by molar-refractivity contribution is 6.31. The number of carboxylic acids is 1. The minimum absolute atomic E-state index is 0.0386. The van der Waals surface area contributed by atoms with E-state index in [0.717, 1.165) is 0 Å². The number of carbonyl (C=O) groups is 2. The molecular weight excluding hydrogens is 332 g/mol. The molecule has 0 saturated carbocycles. The zero-order valence-electron chi connectivity index (χ0n) is 12.2. The quantitative estimate of drug-likeness (QED) is 0.672. The van der Waals surface area contributed by atoms with Gasteiger partial charge < -0.3 is 10.8 Å². The van der Waals surface area contributed by atoms with Crippen molar-refractivity contribution in [1.29, 1.82) is 0 Å². The zero-order valence-corrected chi connectivity index (χ0v) is 12.9. The lowest BCUT2D eigenvalue weighted by atomic mass is 9.98. The number of nitrogens with one attached hydrogen (secondary N) is 1. The number of hydrogen-bond donors (Lipinski definition) is 3. The average Bonchev–Trinajstić information content (AvgIpc) is 3.04. The largest absolute Gasteiger partial charge is 0.478 e. The molecule has 0 aliphatic carbocycles. The van der Waals surface area contributed by atoms with Gasteiger partial charge in [-0.15, -0.1) is 0 Å². The fourth-order valence-corrected chi connectivity index (χ4v) is 2.53. The van der Waals surface area contributed by atoms with Gasteiger partial charge in [-0.2, -0.15) is 15.4 Å². The molecule has 8 heteroatoms. The molecule has 0 aliphatic heterocycles. The van der Waals surface area contributed by atoms with Crippen LogP contribution in [-0.4, -0.2) is 32.4 Å². The number of rotatable bonds is 4. The Kier molecular flexibility index (Phi) is 4.01. The van der Waals surface area contributed by atoms with E-state index in [1.165, 1.54) is 12.1 Å². The molecule has 3 rings (SSSR count). The molecule has 0 bridgehead atoms. The third-order valence-corrected chi connectivity index (χ3v) is 3.70. The van der Waals surface area contributed by atoms with Crippen LogP contribution < -0.4 is 5.73 Å². The van der Waals surface area contributed by atoms with Gasteiger partial charge in [0, 0.05) is 10.6 Å². The Morgan fingerprint density at radius 1 is 1.04 bits per heavy atom. The molecule has 0 spiro atoms. The van der Waals surface area contributed by atoms with Crippen LogP contribution >= 0.6 is 11.6 Å². The van der Waals surface area contributed by atoms with E-state index in [9.17, 15) is 14.7 Å². The van der Waals surface area contributed by atoms with Gasteiger partial charge in [0.2, 0.25) is 0 Å². The summed E-state index contributed by atoms with van der Waals surface area (Å²) in [5, 5.41) is 19.7. The number of amides is 1. The minimum Gasteiger partial charge on any atom is -0.478 e. The first kappa shape index (κ1) is 15.7. The maximum Gasteiger partial charge on any atom is 0.336 e. The number of carbonyl (C=O) groups excluding carboxylic acids is 1. The molecule has 0 unspecified atom stereocenters. The summed E-state index contributed by atoms with van der Waals surface area (Å²) in [4.78, 5) is 22.7. The lowest BCUT2D eigenvalue weighted by Crippen LogP contribution is -2.12. The van der Waals surface area contributed by atoms with Crippen molar-refractivity contribution >= 4 is 23.5 Å². The fourth-order valence-electron chi connectivity index (χ4n) is 2.35. The summed E-state index contributed by atoms with van der Waals surface area (Å²) in [5.74, 6) is -1.73. The van der Waals surface area contributed by atoms with Gasteiger partial charge in [-0.3, -0.25) is 4.79 Å². The van der Waals surface area contributed by atoms with Crippen LogP contribution in [0.15, 0.2) is 42.5 Å². The summed E-state index contributed by atoms with van der Waals surface area (Å²) in [5.41, 5.74) is 7.55. The Hall–Kier alpha value is -3.19. The molecule has 2 aromatic carbocycles. The molecule has 0 atom stereocenters. The summed E-state index contributed by atoms with van der Waals surface area (Å²) in [6.07, 6.45) is 0. The number of aromatic nitrogens is 3. The summed E-state index contributed by atoms with van der Waals surface area (Å²) < 4.78 is 0. The third kappa shape index (κ3) is 2.84. The Balaban J connectivity index is 2.05. The number of primary amides is 1. The number of nitrogens with two attached hydrogens (primary N) is 1. The number of benzene rings is 2. The molecule has 1 heterocycles. The lowest BCUT2D eigenvalue weighted by Gasteiger charge is -2.08. The van der Waals surface area contributed by atoms with Crippen molar-refractivity contribution in [2.75, 3.05) is 0 Å². The molecule has 0 radical (unpaired) electrons. The fraction of sp³-hybridized carbons (Fsp3) is 0. The minimum atomic E-state index is -1.04. The highest BCUT2D eigenvalue weighted by atomic mass is 35.5. The Bertz CT molecular complexity index is 935. The average molecular weight is 343 g/mol. The first-order valence-electron chi connectivity index (χ1n) is 6.81. The number of hydrogen-bond acceptors (Lipinski definition) is 4. The molecule has 0 fully saturated rings. The summed E-state index contributed by atoms with van der Waals surface area (Å²) in [7, 11) is 0. The van der Waals surface area contributed by atoms with E-state index in [4.69, 9.17) is 17.3 Å². The maximum atomic E-state index is 11.4. The van der Waals surface area contributed by atoms with Crippen molar-refractivity contribution in [2.45, 2.75) is 0 Å². The van der Waals surface area contributed by atoms with Crippen LogP contribution in [0.5, 0.6) is 0 Å². The van der Waals surface area contributed by atoms with E-state index >= 15 is 0 Å². The van der Waals surface area contributed by atoms with Gasteiger partial charge in [-0.1, -0.05) is 35.9 Å². The molecule has 1 aromatic heterocycles. The van der Waals surface area contributed by atoms with Crippen LogP contribution in [-0.2, 0) is 0 Å². The predicted molar refractivity (Wildman–Crippen MR) is 87.7 cm³/mol. The molecule has 3 aromatic rings. The Morgan fingerprint density at radius 3 is 2.33 bits per heavy atom. The molecule has 24 heavy (non-hydrogen) atoms. The van der Waals surface area contributed by atoms with Crippen molar-refractivity contribution in [3.8, 4) is 22.4 Å². The van der Waals surface area contributed by atoms with E-state index in [1.807, 2.05) is 0 Å². The first-order valence-corrected chi connectivity index (χ1v) is 7.19. The van der Waals surface area contributed by atoms with E-state index in [-0.39, 0.29) is 11.3 Å². The molecule has 4 N–H and O–H groups in total. The topological polar surface area (TPSA) is 122 Å². The Labute approximate surface area is 141 Å². The number of aromatic carboxylic acids is 1. The molecule has 7 nitrogen and oxygen atoms in total.